The maximum Gasteiger partial charge on any atom is 0.254 e. The van der Waals surface area contributed by atoms with E-state index < -0.39 is 0 Å². The van der Waals surface area contributed by atoms with Crippen LogP contribution in [0.25, 0.3) is 0 Å². The minimum atomic E-state index is -0.175. The Morgan fingerprint density at radius 2 is 2.19 bits per heavy atom. The first-order valence-electron chi connectivity index (χ1n) is 6.60. The molecule has 0 aliphatic carbocycles. The third kappa shape index (κ3) is 3.74. The Morgan fingerprint density at radius 3 is 2.81 bits per heavy atom. The number of furan rings is 1. The molecule has 1 heterocycles. The number of aliphatic hydroxyl groups excluding tert-OH is 1. The van der Waals surface area contributed by atoms with E-state index in [2.05, 4.69) is 11.8 Å². The zero-order valence-electron chi connectivity index (χ0n) is 12.1. The number of aliphatic hydroxyl groups is 1. The maximum atomic E-state index is 12.4. The van der Waals surface area contributed by atoms with Crippen LogP contribution in [0.3, 0.4) is 0 Å². The molecule has 21 heavy (non-hydrogen) atoms. The molecule has 0 aliphatic heterocycles. The van der Waals surface area contributed by atoms with Crippen LogP contribution in [0.4, 0.5) is 0 Å². The van der Waals surface area contributed by atoms with E-state index in [-0.39, 0.29) is 12.5 Å². The molecule has 0 spiro atoms. The fourth-order valence-electron chi connectivity index (χ4n) is 2.00. The summed E-state index contributed by atoms with van der Waals surface area (Å²) in [5.41, 5.74) is 2.33. The number of benzene rings is 1. The highest BCUT2D eigenvalue weighted by molar-refractivity contribution is 5.94. The van der Waals surface area contributed by atoms with Crippen molar-refractivity contribution in [2.45, 2.75) is 13.5 Å². The molecule has 4 heteroatoms. The lowest BCUT2D eigenvalue weighted by molar-refractivity contribution is 0.0775. The van der Waals surface area contributed by atoms with Gasteiger partial charge in [0.2, 0.25) is 0 Å². The lowest BCUT2D eigenvalue weighted by Gasteiger charge is -2.16. The molecule has 0 saturated carbocycles. The lowest BCUT2D eigenvalue weighted by Crippen LogP contribution is -2.26. The van der Waals surface area contributed by atoms with Crippen LogP contribution in [0.5, 0.6) is 0 Å². The summed E-state index contributed by atoms with van der Waals surface area (Å²) in [5, 5.41) is 8.71. The van der Waals surface area contributed by atoms with Crippen molar-refractivity contribution < 1.29 is 14.3 Å². The van der Waals surface area contributed by atoms with Gasteiger partial charge in [-0.15, -0.1) is 0 Å². The Balaban J connectivity index is 2.14. The first-order chi connectivity index (χ1) is 10.1. The Hall–Kier alpha value is -2.51. The molecule has 2 rings (SSSR count). The highest BCUT2D eigenvalue weighted by Gasteiger charge is 2.13. The number of nitrogens with zero attached hydrogens (tertiary/aromatic N) is 1. The monoisotopic (exact) mass is 283 g/mol. The molecule has 0 bridgehead atoms. The SMILES string of the molecule is Cc1cc(C(=O)N(C)Cc2ccco2)ccc1C#CCO. The van der Waals surface area contributed by atoms with E-state index in [1.54, 1.807) is 36.4 Å². The molecule has 2 aromatic rings. The van der Waals surface area contributed by atoms with Crippen LogP contribution in [0.2, 0.25) is 0 Å². The molecule has 108 valence electrons. The second-order valence-corrected chi connectivity index (χ2v) is 4.73. The van der Waals surface area contributed by atoms with E-state index in [0.717, 1.165) is 16.9 Å². The largest absolute Gasteiger partial charge is 0.467 e. The van der Waals surface area contributed by atoms with Crippen LogP contribution in [0.1, 0.15) is 27.2 Å². The Labute approximate surface area is 124 Å². The van der Waals surface area contributed by atoms with E-state index in [1.165, 1.54) is 0 Å². The van der Waals surface area contributed by atoms with Crippen LogP contribution in [0, 0.1) is 18.8 Å². The topological polar surface area (TPSA) is 53.7 Å². The van der Waals surface area contributed by atoms with Gasteiger partial charge in [0.1, 0.15) is 12.4 Å². The Bertz CT molecular complexity index is 678. The number of aryl methyl sites for hydroxylation is 1. The molecule has 0 saturated heterocycles. The number of hydrogen-bond donors (Lipinski definition) is 1. The molecule has 0 radical (unpaired) electrons. The maximum absolute atomic E-state index is 12.4. The first kappa shape index (κ1) is 14.9. The zero-order valence-corrected chi connectivity index (χ0v) is 12.1. The van der Waals surface area contributed by atoms with Crippen molar-refractivity contribution >= 4 is 5.91 Å². The van der Waals surface area contributed by atoms with Gasteiger partial charge in [0.25, 0.3) is 5.91 Å². The van der Waals surface area contributed by atoms with Crippen LogP contribution < -0.4 is 0 Å². The number of amides is 1. The van der Waals surface area contributed by atoms with Gasteiger partial charge in [-0.05, 0) is 42.8 Å². The van der Waals surface area contributed by atoms with Crippen molar-refractivity contribution in [1.82, 2.24) is 4.90 Å². The summed E-state index contributed by atoms with van der Waals surface area (Å²) in [6, 6.07) is 8.98. The normalized spacial score (nSPS) is 9.86. The van der Waals surface area contributed by atoms with E-state index in [4.69, 9.17) is 9.52 Å². The number of rotatable bonds is 3. The summed E-state index contributed by atoms with van der Waals surface area (Å²) in [7, 11) is 1.74. The standard InChI is InChI=1S/C17H17NO3/c1-13-11-15(8-7-14(13)5-3-9-19)17(20)18(2)12-16-6-4-10-21-16/h4,6-8,10-11,19H,9,12H2,1-2H3. The molecule has 0 atom stereocenters. The smallest absolute Gasteiger partial charge is 0.254 e. The summed E-state index contributed by atoms with van der Waals surface area (Å²) in [4.78, 5) is 14.0. The zero-order chi connectivity index (χ0) is 15.2. The van der Waals surface area contributed by atoms with Gasteiger partial charge < -0.3 is 14.4 Å². The van der Waals surface area contributed by atoms with Crippen LogP contribution in [0.15, 0.2) is 41.0 Å². The predicted molar refractivity (Wildman–Crippen MR) is 79.6 cm³/mol. The summed E-state index contributed by atoms with van der Waals surface area (Å²) in [5.74, 6) is 6.13. The highest BCUT2D eigenvalue weighted by atomic mass is 16.3. The summed E-state index contributed by atoms with van der Waals surface area (Å²) in [6.45, 7) is 2.15. The van der Waals surface area contributed by atoms with Crippen LogP contribution in [-0.2, 0) is 6.54 Å². The second-order valence-electron chi connectivity index (χ2n) is 4.73. The quantitative estimate of drug-likeness (QED) is 0.879. The third-order valence-electron chi connectivity index (χ3n) is 3.10. The van der Waals surface area contributed by atoms with Gasteiger partial charge in [0, 0.05) is 18.2 Å². The number of hydrogen-bond acceptors (Lipinski definition) is 3. The minimum absolute atomic E-state index is 0.0730. The molecule has 1 aromatic heterocycles. The van der Waals surface area contributed by atoms with E-state index in [0.29, 0.717) is 12.1 Å². The molecule has 0 unspecified atom stereocenters. The third-order valence-corrected chi connectivity index (χ3v) is 3.10. The fraction of sp³-hybridized carbons (Fsp3) is 0.235. The second kappa shape index (κ2) is 6.78. The molecular formula is C17H17NO3. The molecule has 1 aromatic carbocycles. The van der Waals surface area contributed by atoms with Gasteiger partial charge in [0.05, 0.1) is 12.8 Å². The molecule has 0 aliphatic rings. The molecule has 0 fully saturated rings. The van der Waals surface area contributed by atoms with Gasteiger partial charge in [-0.1, -0.05) is 11.8 Å². The Kier molecular flexibility index (Phi) is 4.81. The van der Waals surface area contributed by atoms with Gasteiger partial charge in [0.15, 0.2) is 0 Å². The van der Waals surface area contributed by atoms with E-state index >= 15 is 0 Å². The molecule has 4 nitrogen and oxygen atoms in total. The first-order valence-corrected chi connectivity index (χ1v) is 6.60. The van der Waals surface area contributed by atoms with Crippen molar-refractivity contribution in [1.29, 1.82) is 0 Å². The van der Waals surface area contributed by atoms with Crippen LogP contribution in [-0.4, -0.2) is 29.6 Å². The molecule has 1 amide bonds. The molecule has 1 N–H and O–H groups in total. The minimum Gasteiger partial charge on any atom is -0.467 e. The van der Waals surface area contributed by atoms with Crippen molar-refractivity contribution in [3.05, 3.63) is 59.0 Å². The van der Waals surface area contributed by atoms with Gasteiger partial charge in [-0.3, -0.25) is 4.79 Å². The fourth-order valence-corrected chi connectivity index (χ4v) is 2.00. The van der Waals surface area contributed by atoms with Crippen molar-refractivity contribution in [2.75, 3.05) is 13.7 Å². The van der Waals surface area contributed by atoms with Gasteiger partial charge in [-0.2, -0.15) is 0 Å². The average Bonchev–Trinajstić information content (AvgIpc) is 2.98. The highest BCUT2D eigenvalue weighted by Crippen LogP contribution is 2.13. The number of carbonyl (C=O) groups excluding carboxylic acids is 1. The van der Waals surface area contributed by atoms with Crippen LogP contribution >= 0.6 is 0 Å². The predicted octanol–water partition coefficient (Wildman–Crippen LogP) is 2.20. The number of carbonyl (C=O) groups is 1. The van der Waals surface area contributed by atoms with Gasteiger partial charge in [-0.25, -0.2) is 0 Å². The Morgan fingerprint density at radius 1 is 1.38 bits per heavy atom. The lowest BCUT2D eigenvalue weighted by atomic mass is 10.0. The average molecular weight is 283 g/mol. The molecular weight excluding hydrogens is 266 g/mol. The summed E-state index contributed by atoms with van der Waals surface area (Å²) >= 11 is 0. The summed E-state index contributed by atoms with van der Waals surface area (Å²) < 4.78 is 5.24. The van der Waals surface area contributed by atoms with E-state index in [9.17, 15) is 4.79 Å². The van der Waals surface area contributed by atoms with Crippen molar-refractivity contribution in [3.8, 4) is 11.8 Å². The van der Waals surface area contributed by atoms with Crippen molar-refractivity contribution in [2.24, 2.45) is 0 Å². The van der Waals surface area contributed by atoms with Crippen molar-refractivity contribution in [3.63, 3.8) is 0 Å². The summed E-state index contributed by atoms with van der Waals surface area (Å²) in [6.07, 6.45) is 1.59. The van der Waals surface area contributed by atoms with Gasteiger partial charge >= 0.3 is 0 Å². The van der Waals surface area contributed by atoms with E-state index in [1.807, 2.05) is 19.1 Å².